The van der Waals surface area contributed by atoms with Crippen LogP contribution in [0.1, 0.15) is 18.9 Å². The van der Waals surface area contributed by atoms with Crippen LogP contribution in [0.5, 0.6) is 11.5 Å². The maximum absolute atomic E-state index is 12.5. The van der Waals surface area contributed by atoms with Crippen molar-refractivity contribution in [2.45, 2.75) is 30.8 Å². The van der Waals surface area contributed by atoms with E-state index < -0.39 is 11.0 Å². The minimum absolute atomic E-state index is 0.0238. The van der Waals surface area contributed by atoms with Gasteiger partial charge >= 0.3 is 0 Å². The molecule has 0 aliphatic heterocycles. The molecule has 25 heavy (non-hydrogen) atoms. The maximum atomic E-state index is 12.5. The van der Waals surface area contributed by atoms with E-state index in [1.165, 1.54) is 7.11 Å². The molecule has 3 aromatic rings. The number of aromatic amines is 1. The number of aromatic hydroxyl groups is 1. The lowest BCUT2D eigenvalue weighted by molar-refractivity contribution is 0.373. The number of hydrogen-bond donors (Lipinski definition) is 3. The summed E-state index contributed by atoms with van der Waals surface area (Å²) in [7, 11) is 0.126. The van der Waals surface area contributed by atoms with E-state index in [0.29, 0.717) is 16.4 Å². The molecule has 2 atom stereocenters. The Kier molecular flexibility index (Phi) is 5.30. The van der Waals surface area contributed by atoms with Crippen molar-refractivity contribution in [1.82, 2.24) is 19.9 Å². The quantitative estimate of drug-likeness (QED) is 0.600. The molecule has 1 aromatic carbocycles. The number of methoxy groups -OCH3 is 1. The van der Waals surface area contributed by atoms with E-state index in [1.807, 2.05) is 25.1 Å². The average Bonchev–Trinajstić information content (AvgIpc) is 3.05. The Bertz CT molecular complexity index is 896. The van der Waals surface area contributed by atoms with E-state index in [2.05, 4.69) is 19.9 Å². The number of hydrogen-bond acceptors (Lipinski definition) is 5. The van der Waals surface area contributed by atoms with Crippen LogP contribution >= 0.6 is 0 Å². The van der Waals surface area contributed by atoms with Crippen LogP contribution in [0.2, 0.25) is 0 Å². The van der Waals surface area contributed by atoms with Gasteiger partial charge in [-0.1, -0.05) is 6.07 Å². The lowest BCUT2D eigenvalue weighted by atomic mass is 10.1. The van der Waals surface area contributed by atoms with Gasteiger partial charge in [-0.2, -0.15) is 5.10 Å². The smallest absolute Gasteiger partial charge is 0.182 e. The second kappa shape index (κ2) is 7.62. The number of nitrogens with one attached hydrogen (secondary N) is 2. The van der Waals surface area contributed by atoms with Gasteiger partial charge in [0.25, 0.3) is 0 Å². The normalized spacial score (nSPS) is 13.7. The Balaban J connectivity index is 1.60. The van der Waals surface area contributed by atoms with Crippen molar-refractivity contribution >= 4 is 22.0 Å². The number of fused-ring (bicyclic) bond motifs is 1. The van der Waals surface area contributed by atoms with Crippen molar-refractivity contribution in [2.24, 2.45) is 0 Å². The highest BCUT2D eigenvalue weighted by Crippen LogP contribution is 2.27. The molecule has 0 saturated heterocycles. The summed E-state index contributed by atoms with van der Waals surface area (Å²) < 4.78 is 20.7. The predicted molar refractivity (Wildman–Crippen MR) is 95.9 cm³/mol. The van der Waals surface area contributed by atoms with Gasteiger partial charge in [0.1, 0.15) is 16.0 Å². The first-order valence-electron chi connectivity index (χ1n) is 7.91. The summed E-state index contributed by atoms with van der Waals surface area (Å²) in [4.78, 5) is 4.13. The fourth-order valence-corrected chi connectivity index (χ4v) is 3.62. The lowest BCUT2D eigenvalue weighted by Crippen LogP contribution is -2.28. The number of ether oxygens (including phenoxy) is 1. The van der Waals surface area contributed by atoms with Gasteiger partial charge in [0.2, 0.25) is 0 Å². The van der Waals surface area contributed by atoms with Gasteiger partial charge < -0.3 is 9.84 Å². The molecule has 2 heterocycles. The Labute approximate surface area is 148 Å². The highest BCUT2D eigenvalue weighted by molar-refractivity contribution is 7.83. The highest BCUT2D eigenvalue weighted by Gasteiger charge is 2.15. The second-order valence-corrected chi connectivity index (χ2v) is 6.94. The third-order valence-electron chi connectivity index (χ3n) is 3.90. The van der Waals surface area contributed by atoms with E-state index in [1.54, 1.807) is 18.3 Å². The van der Waals surface area contributed by atoms with Crippen molar-refractivity contribution in [3.8, 4) is 11.5 Å². The van der Waals surface area contributed by atoms with E-state index in [4.69, 9.17) is 4.74 Å². The highest BCUT2D eigenvalue weighted by atomic mass is 32.2. The molecule has 2 unspecified atom stereocenters. The number of nitrogens with zero attached hydrogens (tertiary/aromatic N) is 2. The number of aryl methyl sites for hydroxylation is 1. The summed E-state index contributed by atoms with van der Waals surface area (Å²) in [6.07, 6.45) is 3.20. The standard InChI is InChI=1S/C17H20N4O3S/c1-11(5-6-12-7-8-14(22)15(10-12)24-2)21-25(23)17-13-4-3-9-18-16(13)19-20-17/h3-4,7-11,21-22H,5-6H2,1-2H3,(H,18,19,20). The van der Waals surface area contributed by atoms with Crippen LogP contribution in [0.3, 0.4) is 0 Å². The Morgan fingerprint density at radius 2 is 2.24 bits per heavy atom. The van der Waals surface area contributed by atoms with Crippen LogP contribution in [0.15, 0.2) is 41.6 Å². The van der Waals surface area contributed by atoms with Gasteiger partial charge in [-0.15, -0.1) is 0 Å². The fourth-order valence-electron chi connectivity index (χ4n) is 2.53. The van der Waals surface area contributed by atoms with Crippen molar-refractivity contribution < 1.29 is 14.1 Å². The summed E-state index contributed by atoms with van der Waals surface area (Å²) in [5.74, 6) is 0.580. The molecule has 2 aromatic heterocycles. The first-order chi connectivity index (χ1) is 12.1. The monoisotopic (exact) mass is 360 g/mol. The largest absolute Gasteiger partial charge is 0.504 e. The van der Waals surface area contributed by atoms with Crippen molar-refractivity contribution in [2.75, 3.05) is 7.11 Å². The number of rotatable bonds is 7. The number of phenolic OH excluding ortho intramolecular Hbond substituents is 1. The molecule has 8 heteroatoms. The zero-order valence-electron chi connectivity index (χ0n) is 14.0. The molecular weight excluding hydrogens is 340 g/mol. The van der Waals surface area contributed by atoms with Gasteiger partial charge in [-0.05, 0) is 49.6 Å². The molecular formula is C17H20N4O3S. The molecule has 3 rings (SSSR count). The molecule has 0 bridgehead atoms. The summed E-state index contributed by atoms with van der Waals surface area (Å²) in [6, 6.07) is 8.95. The first kappa shape index (κ1) is 17.4. The van der Waals surface area contributed by atoms with Gasteiger partial charge in [0.05, 0.1) is 12.5 Å². The molecule has 0 fully saturated rings. The molecule has 0 spiro atoms. The van der Waals surface area contributed by atoms with Gasteiger partial charge in [-0.3, -0.25) is 5.10 Å². The third-order valence-corrected chi connectivity index (χ3v) is 5.20. The predicted octanol–water partition coefficient (Wildman–Crippen LogP) is 2.31. The fraction of sp³-hybridized carbons (Fsp3) is 0.294. The molecule has 132 valence electrons. The molecule has 0 saturated carbocycles. The summed E-state index contributed by atoms with van der Waals surface area (Å²) >= 11 is 0. The zero-order chi connectivity index (χ0) is 17.8. The van der Waals surface area contributed by atoms with Crippen molar-refractivity contribution in [1.29, 1.82) is 0 Å². The van der Waals surface area contributed by atoms with Crippen molar-refractivity contribution in [3.05, 3.63) is 42.1 Å². The second-order valence-electron chi connectivity index (χ2n) is 5.76. The van der Waals surface area contributed by atoms with Crippen molar-refractivity contribution in [3.63, 3.8) is 0 Å². The van der Waals surface area contributed by atoms with E-state index in [0.717, 1.165) is 23.8 Å². The van der Waals surface area contributed by atoms with Crippen LogP contribution in [-0.2, 0) is 17.4 Å². The molecule has 0 radical (unpaired) electrons. The Morgan fingerprint density at radius 1 is 1.40 bits per heavy atom. The summed E-state index contributed by atoms with van der Waals surface area (Å²) in [5, 5.41) is 17.8. The lowest BCUT2D eigenvalue weighted by Gasteiger charge is -2.13. The van der Waals surface area contributed by atoms with Gasteiger partial charge in [0.15, 0.2) is 17.1 Å². The molecule has 0 amide bonds. The topological polar surface area (TPSA) is 100 Å². The summed E-state index contributed by atoms with van der Waals surface area (Å²) in [5.41, 5.74) is 1.60. The average molecular weight is 360 g/mol. The Morgan fingerprint density at radius 3 is 3.04 bits per heavy atom. The number of aromatic nitrogens is 3. The number of benzene rings is 1. The molecule has 7 nitrogen and oxygen atoms in total. The number of pyridine rings is 1. The zero-order valence-corrected chi connectivity index (χ0v) is 14.8. The molecule has 0 aliphatic carbocycles. The van der Waals surface area contributed by atoms with Crippen LogP contribution < -0.4 is 9.46 Å². The van der Waals surface area contributed by atoms with E-state index in [-0.39, 0.29) is 11.8 Å². The van der Waals surface area contributed by atoms with Crippen LogP contribution in [-0.4, -0.2) is 37.6 Å². The van der Waals surface area contributed by atoms with E-state index >= 15 is 0 Å². The number of phenols is 1. The van der Waals surface area contributed by atoms with Gasteiger partial charge in [0, 0.05) is 12.2 Å². The Hall–Kier alpha value is -2.45. The summed E-state index contributed by atoms with van der Waals surface area (Å²) in [6.45, 7) is 1.98. The SMILES string of the molecule is COc1cc(CCC(C)NS(=O)c2[nH]nc3ncccc23)ccc1O. The molecule has 0 aliphatic rings. The first-order valence-corrected chi connectivity index (χ1v) is 9.06. The van der Waals surface area contributed by atoms with Crippen LogP contribution in [0.25, 0.3) is 11.0 Å². The number of H-pyrrole nitrogens is 1. The van der Waals surface area contributed by atoms with Gasteiger partial charge in [-0.25, -0.2) is 13.9 Å². The molecule has 3 N–H and O–H groups in total. The minimum Gasteiger partial charge on any atom is -0.504 e. The maximum Gasteiger partial charge on any atom is 0.182 e. The van der Waals surface area contributed by atoms with Crippen LogP contribution in [0, 0.1) is 0 Å². The van der Waals surface area contributed by atoms with Crippen LogP contribution in [0.4, 0.5) is 0 Å². The minimum atomic E-state index is -1.40. The third kappa shape index (κ3) is 3.97. The van der Waals surface area contributed by atoms with E-state index in [9.17, 15) is 9.32 Å².